The molecule has 0 aliphatic heterocycles. The Kier molecular flexibility index (Phi) is 4.29. The lowest BCUT2D eigenvalue weighted by Gasteiger charge is -2.51. The molecule has 1 aliphatic rings. The van der Waals surface area contributed by atoms with Crippen LogP contribution in [-0.2, 0) is 0 Å². The van der Waals surface area contributed by atoms with Crippen LogP contribution in [0.1, 0.15) is 33.6 Å². The van der Waals surface area contributed by atoms with Crippen LogP contribution in [0.15, 0.2) is 0 Å². The minimum Gasteiger partial charge on any atom is -0.392 e. The first-order valence-electron chi connectivity index (χ1n) is 5.45. The van der Waals surface area contributed by atoms with Crippen LogP contribution in [-0.4, -0.2) is 35.3 Å². The summed E-state index contributed by atoms with van der Waals surface area (Å²) in [5.74, 6) is 1.17. The summed E-state index contributed by atoms with van der Waals surface area (Å²) >= 11 is 1.89. The predicted molar refractivity (Wildman–Crippen MR) is 63.8 cm³/mol. The average molecular weight is 217 g/mol. The molecular formula is C11H23NOS. The van der Waals surface area contributed by atoms with Gasteiger partial charge in [0.2, 0.25) is 0 Å². The average Bonchev–Trinajstić information content (AvgIpc) is 2.16. The van der Waals surface area contributed by atoms with Crippen molar-refractivity contribution < 1.29 is 5.11 Å². The smallest absolute Gasteiger partial charge is 0.0621 e. The molecule has 1 fully saturated rings. The Labute approximate surface area is 91.9 Å². The molecule has 0 heterocycles. The van der Waals surface area contributed by atoms with Gasteiger partial charge in [0.15, 0.2) is 0 Å². The maximum Gasteiger partial charge on any atom is 0.0621 e. The highest BCUT2D eigenvalue weighted by Gasteiger charge is 2.47. The van der Waals surface area contributed by atoms with Crippen LogP contribution in [0, 0.1) is 5.41 Å². The minimum absolute atomic E-state index is 0.0613. The van der Waals surface area contributed by atoms with Gasteiger partial charge in [-0.1, -0.05) is 20.8 Å². The van der Waals surface area contributed by atoms with Gasteiger partial charge in [0.1, 0.15) is 0 Å². The number of nitrogens with one attached hydrogen (secondary N) is 1. The van der Waals surface area contributed by atoms with Gasteiger partial charge in [0.25, 0.3) is 0 Å². The zero-order chi connectivity index (χ0) is 10.8. The Balaban J connectivity index is 2.37. The van der Waals surface area contributed by atoms with Gasteiger partial charge < -0.3 is 10.4 Å². The molecule has 2 N–H and O–H groups in total. The van der Waals surface area contributed by atoms with Crippen LogP contribution < -0.4 is 5.32 Å². The zero-order valence-electron chi connectivity index (χ0n) is 9.71. The molecule has 1 saturated carbocycles. The van der Waals surface area contributed by atoms with Gasteiger partial charge in [-0.15, -0.1) is 0 Å². The van der Waals surface area contributed by atoms with E-state index in [-0.39, 0.29) is 11.5 Å². The van der Waals surface area contributed by atoms with Crippen molar-refractivity contribution in [3.05, 3.63) is 0 Å². The first-order valence-corrected chi connectivity index (χ1v) is 6.84. The van der Waals surface area contributed by atoms with Crippen LogP contribution in [0.5, 0.6) is 0 Å². The van der Waals surface area contributed by atoms with E-state index in [0.717, 1.165) is 6.42 Å². The predicted octanol–water partition coefficient (Wildman–Crippen LogP) is 1.88. The van der Waals surface area contributed by atoms with Crippen molar-refractivity contribution in [3.63, 3.8) is 0 Å². The molecule has 3 heteroatoms. The number of aliphatic hydroxyl groups excluding tert-OH is 1. The summed E-state index contributed by atoms with van der Waals surface area (Å²) in [5, 5.41) is 13.3. The molecule has 2 nitrogen and oxygen atoms in total. The van der Waals surface area contributed by atoms with Crippen molar-refractivity contribution >= 4 is 11.8 Å². The summed E-state index contributed by atoms with van der Waals surface area (Å²) in [4.78, 5) is 0. The van der Waals surface area contributed by atoms with E-state index in [4.69, 9.17) is 0 Å². The summed E-state index contributed by atoms with van der Waals surface area (Å²) in [7, 11) is 0. The molecule has 0 bridgehead atoms. The van der Waals surface area contributed by atoms with Gasteiger partial charge in [0, 0.05) is 23.3 Å². The quantitative estimate of drug-likeness (QED) is 0.737. The number of thioether (sulfide) groups is 1. The first kappa shape index (κ1) is 12.3. The minimum atomic E-state index is -0.119. The van der Waals surface area contributed by atoms with Gasteiger partial charge in [-0.05, 0) is 19.1 Å². The molecule has 0 aromatic carbocycles. The fourth-order valence-electron chi connectivity index (χ4n) is 1.95. The molecule has 1 rings (SSSR count). The summed E-state index contributed by atoms with van der Waals surface area (Å²) in [5.41, 5.74) is 0.0613. The molecule has 0 aromatic rings. The molecule has 0 saturated heterocycles. The van der Waals surface area contributed by atoms with Crippen molar-refractivity contribution in [3.8, 4) is 0 Å². The normalized spacial score (nSPS) is 32.4. The second-order valence-electron chi connectivity index (χ2n) is 4.85. The lowest BCUT2D eigenvalue weighted by molar-refractivity contribution is -0.0752. The van der Waals surface area contributed by atoms with Crippen molar-refractivity contribution in [2.24, 2.45) is 5.41 Å². The van der Waals surface area contributed by atoms with Crippen molar-refractivity contribution in [2.75, 3.05) is 12.0 Å². The highest BCUT2D eigenvalue weighted by molar-refractivity contribution is 7.98. The number of aliphatic hydroxyl groups is 1. The summed E-state index contributed by atoms with van der Waals surface area (Å²) in [6.07, 6.45) is 4.11. The van der Waals surface area contributed by atoms with Gasteiger partial charge >= 0.3 is 0 Å². The fraction of sp³-hybridized carbons (Fsp3) is 1.00. The van der Waals surface area contributed by atoms with E-state index in [9.17, 15) is 5.11 Å². The monoisotopic (exact) mass is 217 g/mol. The molecule has 0 spiro atoms. The molecule has 3 atom stereocenters. The third kappa shape index (κ3) is 2.44. The second-order valence-corrected chi connectivity index (χ2v) is 5.76. The van der Waals surface area contributed by atoms with E-state index in [1.165, 1.54) is 12.2 Å². The molecule has 14 heavy (non-hydrogen) atoms. The number of hydrogen-bond acceptors (Lipinski definition) is 3. The third-order valence-corrected chi connectivity index (χ3v) is 4.25. The highest BCUT2D eigenvalue weighted by atomic mass is 32.2. The Morgan fingerprint density at radius 1 is 1.57 bits per heavy atom. The van der Waals surface area contributed by atoms with Gasteiger partial charge in [-0.25, -0.2) is 0 Å². The molecule has 0 radical (unpaired) electrons. The summed E-state index contributed by atoms with van der Waals surface area (Å²) in [6.45, 7) is 6.51. The lowest BCUT2D eigenvalue weighted by atomic mass is 9.64. The van der Waals surface area contributed by atoms with Gasteiger partial charge in [0.05, 0.1) is 6.10 Å². The second kappa shape index (κ2) is 4.86. The van der Waals surface area contributed by atoms with E-state index < -0.39 is 0 Å². The van der Waals surface area contributed by atoms with E-state index in [1.807, 2.05) is 11.8 Å². The maximum atomic E-state index is 9.62. The summed E-state index contributed by atoms with van der Waals surface area (Å²) in [6, 6.07) is 1.09. The van der Waals surface area contributed by atoms with Crippen LogP contribution in [0.4, 0.5) is 0 Å². The Morgan fingerprint density at radius 2 is 2.21 bits per heavy atom. The van der Waals surface area contributed by atoms with Gasteiger partial charge in [-0.3, -0.25) is 0 Å². The van der Waals surface area contributed by atoms with Crippen LogP contribution in [0.25, 0.3) is 0 Å². The van der Waals surface area contributed by atoms with Crippen molar-refractivity contribution in [1.29, 1.82) is 0 Å². The Morgan fingerprint density at radius 3 is 2.57 bits per heavy atom. The standard InChI is InChI=1S/C11H23NOS/c1-5-8(7-14-4)12-9-6-10(13)11(9,2)3/h8-10,12-13H,5-7H2,1-4H3. The Bertz CT molecular complexity index is 184. The molecular weight excluding hydrogens is 194 g/mol. The molecule has 0 aromatic heterocycles. The molecule has 0 amide bonds. The Hall–Kier alpha value is 0.270. The largest absolute Gasteiger partial charge is 0.392 e. The number of rotatable bonds is 5. The first-order chi connectivity index (χ1) is 6.52. The maximum absolute atomic E-state index is 9.62. The van der Waals surface area contributed by atoms with E-state index in [0.29, 0.717) is 12.1 Å². The van der Waals surface area contributed by atoms with E-state index in [1.54, 1.807) is 0 Å². The summed E-state index contributed by atoms with van der Waals surface area (Å²) < 4.78 is 0. The van der Waals surface area contributed by atoms with Crippen molar-refractivity contribution in [2.45, 2.75) is 51.8 Å². The topological polar surface area (TPSA) is 32.3 Å². The lowest BCUT2D eigenvalue weighted by Crippen LogP contribution is -2.62. The molecule has 1 aliphatic carbocycles. The van der Waals surface area contributed by atoms with Gasteiger partial charge in [-0.2, -0.15) is 11.8 Å². The van der Waals surface area contributed by atoms with Crippen LogP contribution >= 0.6 is 11.8 Å². The SMILES string of the molecule is CCC(CSC)NC1CC(O)C1(C)C. The molecule has 3 unspecified atom stereocenters. The molecule has 84 valence electrons. The van der Waals surface area contributed by atoms with Crippen molar-refractivity contribution in [1.82, 2.24) is 5.32 Å². The van der Waals surface area contributed by atoms with E-state index >= 15 is 0 Å². The van der Waals surface area contributed by atoms with Crippen LogP contribution in [0.2, 0.25) is 0 Å². The van der Waals surface area contributed by atoms with E-state index in [2.05, 4.69) is 32.3 Å². The third-order valence-electron chi connectivity index (χ3n) is 3.51. The number of hydrogen-bond donors (Lipinski definition) is 2. The van der Waals surface area contributed by atoms with Crippen LogP contribution in [0.3, 0.4) is 0 Å². The zero-order valence-corrected chi connectivity index (χ0v) is 10.5. The fourth-order valence-corrected chi connectivity index (χ4v) is 2.69. The highest BCUT2D eigenvalue weighted by Crippen LogP contribution is 2.40.